The molecule has 0 aromatic heterocycles. The Morgan fingerprint density at radius 3 is 1.76 bits per heavy atom. The maximum absolute atomic E-state index is 12.7. The van der Waals surface area contributed by atoms with E-state index >= 15 is 0 Å². The molecule has 0 spiro atoms. The van der Waals surface area contributed by atoms with Crippen LogP contribution in [0.4, 0.5) is 30.7 Å². The van der Waals surface area contributed by atoms with Crippen LogP contribution in [0.5, 0.6) is 0 Å². The highest BCUT2D eigenvalue weighted by Gasteiger charge is 2.77. The van der Waals surface area contributed by atoms with E-state index in [2.05, 4.69) is 0 Å². The maximum atomic E-state index is 12.7. The van der Waals surface area contributed by atoms with Gasteiger partial charge in [0.15, 0.2) is 11.6 Å². The van der Waals surface area contributed by atoms with Gasteiger partial charge in [-0.05, 0) is 0 Å². The zero-order valence-electron chi connectivity index (χ0n) is 7.50. The van der Waals surface area contributed by atoms with E-state index < -0.39 is 46.3 Å². The number of rotatable bonds is 1. The largest absolute Gasteiger partial charge is 0.505 e. The summed E-state index contributed by atoms with van der Waals surface area (Å²) in [5, 5.41) is 8.59. The molecule has 2 aliphatic carbocycles. The van der Waals surface area contributed by atoms with Crippen molar-refractivity contribution in [2.45, 2.75) is 17.8 Å². The summed E-state index contributed by atoms with van der Waals surface area (Å²) in [6.45, 7) is 0. The van der Waals surface area contributed by atoms with Crippen LogP contribution in [0.25, 0.3) is 0 Å². The second kappa shape index (κ2) is 2.65. The molecule has 0 radical (unpaired) electrons. The molecule has 17 heavy (non-hydrogen) atoms. The Labute approximate surface area is 88.0 Å². The van der Waals surface area contributed by atoms with E-state index in [1.165, 1.54) is 0 Å². The number of alkyl halides is 6. The Morgan fingerprint density at radius 2 is 1.41 bits per heavy atom. The average Bonchev–Trinajstić information content (AvgIpc) is 2.23. The van der Waals surface area contributed by atoms with E-state index in [1.54, 1.807) is 0 Å². The van der Waals surface area contributed by atoms with Gasteiger partial charge >= 0.3 is 17.8 Å². The lowest BCUT2D eigenvalue weighted by Crippen LogP contribution is -2.57. The molecule has 1 N–H and O–H groups in total. The van der Waals surface area contributed by atoms with E-state index in [0.717, 1.165) is 0 Å². The Bertz CT molecular complexity index is 500. The number of ketones is 1. The van der Waals surface area contributed by atoms with Gasteiger partial charge in [0.25, 0.3) is 0 Å². The quantitative estimate of drug-likeness (QED) is 0.737. The Balaban J connectivity index is 2.59. The highest BCUT2D eigenvalue weighted by Crippen LogP contribution is 2.61. The Kier molecular flexibility index (Phi) is 1.86. The molecule has 0 fully saturated rings. The molecular weight excluding hydrogens is 261 g/mol. The van der Waals surface area contributed by atoms with E-state index in [9.17, 15) is 35.5 Å². The number of carbonyl (C=O) groups is 1. The topological polar surface area (TPSA) is 37.3 Å². The van der Waals surface area contributed by atoms with Crippen molar-refractivity contribution >= 4 is 5.78 Å². The predicted octanol–water partition coefficient (Wildman–Crippen LogP) is 2.52. The molecule has 0 saturated heterocycles. The second-order valence-corrected chi connectivity index (χ2v) is 3.46. The third-order valence-corrected chi connectivity index (χ3v) is 2.50. The summed E-state index contributed by atoms with van der Waals surface area (Å²) in [5.41, 5.74) is -3.95. The normalized spacial score (nSPS) is 29.0. The van der Waals surface area contributed by atoms with Gasteiger partial charge in [-0.2, -0.15) is 26.3 Å². The average molecular weight is 262 g/mol. The fraction of sp³-hybridized carbons (Fsp3) is 0.375. The third-order valence-electron chi connectivity index (χ3n) is 2.50. The smallest absolute Gasteiger partial charge is 0.366 e. The lowest BCUT2D eigenvalue weighted by Gasteiger charge is -2.40. The van der Waals surface area contributed by atoms with E-state index in [-0.39, 0.29) is 0 Å². The molecule has 2 aliphatic rings. The van der Waals surface area contributed by atoms with Crippen molar-refractivity contribution in [3.8, 4) is 0 Å². The first-order valence-electron chi connectivity index (χ1n) is 4.00. The van der Waals surface area contributed by atoms with Crippen molar-refractivity contribution in [2.24, 2.45) is 0 Å². The lowest BCUT2D eigenvalue weighted by atomic mass is 9.74. The van der Waals surface area contributed by atoms with Crippen molar-refractivity contribution in [2.75, 3.05) is 0 Å². The van der Waals surface area contributed by atoms with E-state index in [4.69, 9.17) is 5.11 Å². The molecule has 0 heterocycles. The zero-order valence-corrected chi connectivity index (χ0v) is 7.50. The molecule has 0 aliphatic heterocycles. The summed E-state index contributed by atoms with van der Waals surface area (Å²) in [7, 11) is 0. The van der Waals surface area contributed by atoms with Crippen molar-refractivity contribution in [1.29, 1.82) is 0 Å². The van der Waals surface area contributed by atoms with Crippen LogP contribution in [0.15, 0.2) is 22.7 Å². The first-order valence-corrected chi connectivity index (χ1v) is 4.00. The van der Waals surface area contributed by atoms with Crippen LogP contribution in [0, 0.1) is 0 Å². The van der Waals surface area contributed by atoms with Crippen LogP contribution in [-0.2, 0) is 4.79 Å². The zero-order chi connectivity index (χ0) is 13.4. The van der Waals surface area contributed by atoms with Crippen molar-refractivity contribution in [3.63, 3.8) is 0 Å². The summed E-state index contributed by atoms with van der Waals surface area (Å²) >= 11 is 0. The minimum absolute atomic E-state index is 1.77. The third kappa shape index (κ3) is 0.997. The minimum Gasteiger partial charge on any atom is -0.505 e. The molecule has 0 aromatic rings. The molecular formula is C8HF7O2. The van der Waals surface area contributed by atoms with Gasteiger partial charge < -0.3 is 5.11 Å². The maximum Gasteiger partial charge on any atom is 0.366 e. The number of halogens is 7. The number of allylic oxidation sites excluding steroid dienone is 4. The Morgan fingerprint density at radius 1 is 0.941 bits per heavy atom. The van der Waals surface area contributed by atoms with Gasteiger partial charge in [0.05, 0.1) is 11.1 Å². The number of hydrogen-bond donors (Lipinski definition) is 1. The number of carbonyl (C=O) groups excluding carboxylic acids is 1. The summed E-state index contributed by atoms with van der Waals surface area (Å²) in [4.78, 5) is 10.6. The van der Waals surface area contributed by atoms with E-state index in [1.807, 2.05) is 0 Å². The van der Waals surface area contributed by atoms with Crippen LogP contribution in [0.3, 0.4) is 0 Å². The molecule has 9 heteroatoms. The van der Waals surface area contributed by atoms with Gasteiger partial charge in [0.1, 0.15) is 0 Å². The summed E-state index contributed by atoms with van der Waals surface area (Å²) in [5.74, 6) is -21.8. The molecule has 2 rings (SSSR count). The van der Waals surface area contributed by atoms with Crippen LogP contribution in [-0.4, -0.2) is 28.7 Å². The molecule has 94 valence electrons. The van der Waals surface area contributed by atoms with Crippen molar-refractivity contribution < 1.29 is 40.6 Å². The molecule has 0 bridgehead atoms. The van der Waals surface area contributed by atoms with Crippen molar-refractivity contribution in [3.05, 3.63) is 22.7 Å². The molecule has 0 aromatic carbocycles. The van der Waals surface area contributed by atoms with Crippen LogP contribution in [0.1, 0.15) is 0 Å². The first kappa shape index (κ1) is 11.9. The van der Waals surface area contributed by atoms with Gasteiger partial charge in [0.2, 0.25) is 5.78 Å². The van der Waals surface area contributed by atoms with Crippen LogP contribution in [0.2, 0.25) is 0 Å². The van der Waals surface area contributed by atoms with Gasteiger partial charge in [-0.25, -0.2) is 4.39 Å². The number of Topliss-reactive ketones (excluding diaryl/α,β-unsaturated/α-hetero) is 1. The Hall–Kier alpha value is -1.54. The monoisotopic (exact) mass is 262 g/mol. The summed E-state index contributed by atoms with van der Waals surface area (Å²) < 4.78 is 87.6. The predicted molar refractivity (Wildman–Crippen MR) is 37.6 cm³/mol. The molecule has 0 unspecified atom stereocenters. The number of aliphatic hydroxyl groups is 1. The first-order chi connectivity index (χ1) is 7.47. The summed E-state index contributed by atoms with van der Waals surface area (Å²) in [6, 6.07) is 0. The van der Waals surface area contributed by atoms with Crippen LogP contribution >= 0.6 is 0 Å². The van der Waals surface area contributed by atoms with Gasteiger partial charge in [0, 0.05) is 0 Å². The number of aliphatic hydroxyl groups excluding tert-OH is 1. The SMILES string of the molecule is O=C1C(C2=C(F)C(F)(F)C2(F)F)=C(O)C1(F)F. The summed E-state index contributed by atoms with van der Waals surface area (Å²) in [6.07, 6.45) is 0. The van der Waals surface area contributed by atoms with Gasteiger partial charge in [-0.15, -0.1) is 0 Å². The minimum atomic E-state index is -5.15. The van der Waals surface area contributed by atoms with Crippen LogP contribution < -0.4 is 0 Å². The van der Waals surface area contributed by atoms with E-state index in [0.29, 0.717) is 0 Å². The standard InChI is InChI=1S/C8HF7O2/c9-3-2(7(12,13)8(3,14)15)1-4(16)6(10,11)5(1)17/h16H. The van der Waals surface area contributed by atoms with Crippen molar-refractivity contribution in [1.82, 2.24) is 0 Å². The highest BCUT2D eigenvalue weighted by molar-refractivity contribution is 6.14. The molecule has 0 atom stereocenters. The molecule has 2 nitrogen and oxygen atoms in total. The number of hydrogen-bond acceptors (Lipinski definition) is 2. The fourth-order valence-electron chi connectivity index (χ4n) is 1.49. The lowest BCUT2D eigenvalue weighted by molar-refractivity contribution is -0.203. The second-order valence-electron chi connectivity index (χ2n) is 3.46. The van der Waals surface area contributed by atoms with Gasteiger partial charge in [-0.1, -0.05) is 0 Å². The molecule has 0 saturated carbocycles. The molecule has 0 amide bonds. The highest BCUT2D eigenvalue weighted by atomic mass is 19.3. The van der Waals surface area contributed by atoms with Gasteiger partial charge in [-0.3, -0.25) is 4.79 Å². The fourth-order valence-corrected chi connectivity index (χ4v) is 1.49.